The minimum Gasteiger partial charge on any atom is -0.497 e. The third kappa shape index (κ3) is 3.56. The molecule has 5 aromatic rings. The molecule has 0 aliphatic rings. The zero-order valence-electron chi connectivity index (χ0n) is 17.5. The molecule has 0 fully saturated rings. The van der Waals surface area contributed by atoms with Crippen LogP contribution in [-0.2, 0) is 0 Å². The lowest BCUT2D eigenvalue weighted by molar-refractivity contribution is 0.414. The topological polar surface area (TPSA) is 70.2 Å². The molecule has 0 amide bonds. The van der Waals surface area contributed by atoms with Crippen molar-refractivity contribution in [1.82, 2.24) is 14.7 Å². The fourth-order valence-electron chi connectivity index (χ4n) is 3.59. The van der Waals surface area contributed by atoms with E-state index in [1.54, 1.807) is 35.7 Å². The van der Waals surface area contributed by atoms with Crippen molar-refractivity contribution in [2.75, 3.05) is 13.4 Å². The Kier molecular flexibility index (Phi) is 5.25. The number of nitrogens with zero attached hydrogens (tertiary/aromatic N) is 3. The maximum atomic E-state index is 13.2. The van der Waals surface area contributed by atoms with Crippen molar-refractivity contribution in [3.63, 3.8) is 0 Å². The number of hydrogen-bond donors (Lipinski definition) is 0. The van der Waals surface area contributed by atoms with Crippen LogP contribution in [0, 0.1) is 0 Å². The van der Waals surface area contributed by atoms with E-state index < -0.39 is 0 Å². The molecule has 32 heavy (non-hydrogen) atoms. The lowest BCUT2D eigenvalue weighted by atomic mass is 10.1. The Morgan fingerprint density at radius 2 is 1.66 bits per heavy atom. The number of benzene rings is 3. The smallest absolute Gasteiger partial charge is 0.262 e. The van der Waals surface area contributed by atoms with Gasteiger partial charge in [-0.05, 0) is 60.9 Å². The van der Waals surface area contributed by atoms with Gasteiger partial charge in [-0.3, -0.25) is 9.36 Å². The van der Waals surface area contributed by atoms with E-state index in [4.69, 9.17) is 9.26 Å². The second-order valence-electron chi connectivity index (χ2n) is 7.11. The highest BCUT2D eigenvalue weighted by atomic mass is 32.2. The number of pyridine rings is 1. The van der Waals surface area contributed by atoms with Crippen molar-refractivity contribution >= 4 is 22.5 Å². The molecule has 0 spiro atoms. The highest BCUT2D eigenvalue weighted by Gasteiger charge is 2.17. The minimum absolute atomic E-state index is 0.123. The normalized spacial score (nSPS) is 11.1. The lowest BCUT2D eigenvalue weighted by Crippen LogP contribution is -2.18. The number of rotatable bonds is 5. The van der Waals surface area contributed by atoms with Gasteiger partial charge < -0.3 is 9.26 Å². The first-order valence-corrected chi connectivity index (χ1v) is 11.2. The molecule has 7 heteroatoms. The summed E-state index contributed by atoms with van der Waals surface area (Å²) in [5.41, 5.74) is 2.15. The van der Waals surface area contributed by atoms with Crippen molar-refractivity contribution in [1.29, 1.82) is 0 Å². The Balaban J connectivity index is 1.66. The first kappa shape index (κ1) is 20.1. The first-order valence-electron chi connectivity index (χ1n) is 9.95. The SMILES string of the molecule is COc1ccc(-n2cc(-c3nc(-c4ccc(SC)cc4)no3)c3ccccc3c2=O)cc1. The molecule has 158 valence electrons. The highest BCUT2D eigenvalue weighted by molar-refractivity contribution is 7.98. The summed E-state index contributed by atoms with van der Waals surface area (Å²) in [7, 11) is 1.61. The van der Waals surface area contributed by atoms with Crippen LogP contribution in [0.2, 0.25) is 0 Å². The highest BCUT2D eigenvalue weighted by Crippen LogP contribution is 2.29. The molecular formula is C25H19N3O3S. The van der Waals surface area contributed by atoms with Gasteiger partial charge in [0, 0.05) is 33.1 Å². The van der Waals surface area contributed by atoms with Gasteiger partial charge in [0.15, 0.2) is 0 Å². The van der Waals surface area contributed by atoms with E-state index in [0.29, 0.717) is 22.7 Å². The number of methoxy groups -OCH3 is 1. The summed E-state index contributed by atoms with van der Waals surface area (Å²) in [6.45, 7) is 0. The molecule has 2 aromatic heterocycles. The Morgan fingerprint density at radius 1 is 0.938 bits per heavy atom. The van der Waals surface area contributed by atoms with E-state index >= 15 is 0 Å². The zero-order valence-corrected chi connectivity index (χ0v) is 18.3. The number of fused-ring (bicyclic) bond motifs is 1. The molecule has 0 bridgehead atoms. The molecule has 0 N–H and O–H groups in total. The summed E-state index contributed by atoms with van der Waals surface area (Å²) in [5.74, 6) is 1.57. The molecule has 0 aliphatic heterocycles. The van der Waals surface area contributed by atoms with Crippen LogP contribution in [0.25, 0.3) is 39.3 Å². The second kappa shape index (κ2) is 8.36. The predicted octanol–water partition coefficient (Wildman–Crippen LogP) is 5.44. The van der Waals surface area contributed by atoms with Gasteiger partial charge in [0.1, 0.15) is 5.75 Å². The van der Waals surface area contributed by atoms with Crippen LogP contribution < -0.4 is 10.3 Å². The van der Waals surface area contributed by atoms with Gasteiger partial charge in [-0.25, -0.2) is 0 Å². The van der Waals surface area contributed by atoms with Crippen LogP contribution in [0.4, 0.5) is 0 Å². The van der Waals surface area contributed by atoms with Gasteiger partial charge >= 0.3 is 0 Å². The Labute approximate surface area is 188 Å². The fourth-order valence-corrected chi connectivity index (χ4v) is 4.00. The van der Waals surface area contributed by atoms with Crippen LogP contribution in [0.1, 0.15) is 0 Å². The van der Waals surface area contributed by atoms with Crippen LogP contribution >= 0.6 is 11.8 Å². The van der Waals surface area contributed by atoms with Crippen LogP contribution in [0.15, 0.2) is 93.2 Å². The van der Waals surface area contributed by atoms with Gasteiger partial charge in [-0.1, -0.05) is 23.4 Å². The quantitative estimate of drug-likeness (QED) is 0.338. The van der Waals surface area contributed by atoms with Gasteiger partial charge in [-0.2, -0.15) is 4.98 Å². The Morgan fingerprint density at radius 3 is 2.34 bits per heavy atom. The summed E-state index contributed by atoms with van der Waals surface area (Å²) < 4.78 is 12.5. The summed E-state index contributed by atoms with van der Waals surface area (Å²) in [4.78, 5) is 19.0. The average Bonchev–Trinajstić information content (AvgIpc) is 3.35. The van der Waals surface area contributed by atoms with Crippen molar-refractivity contribution in [3.05, 3.63) is 89.3 Å². The molecule has 0 unspecified atom stereocenters. The predicted molar refractivity (Wildman–Crippen MR) is 127 cm³/mol. The average molecular weight is 442 g/mol. The molecule has 6 nitrogen and oxygen atoms in total. The molecule has 0 saturated carbocycles. The maximum Gasteiger partial charge on any atom is 0.262 e. The summed E-state index contributed by atoms with van der Waals surface area (Å²) in [6, 6.07) is 22.7. The summed E-state index contributed by atoms with van der Waals surface area (Å²) in [6.07, 6.45) is 3.78. The molecule has 0 radical (unpaired) electrons. The van der Waals surface area contributed by atoms with Crippen molar-refractivity contribution < 1.29 is 9.26 Å². The molecule has 0 atom stereocenters. The van der Waals surface area contributed by atoms with Gasteiger partial charge in [-0.15, -0.1) is 11.8 Å². The summed E-state index contributed by atoms with van der Waals surface area (Å²) in [5, 5.41) is 5.51. The lowest BCUT2D eigenvalue weighted by Gasteiger charge is -2.11. The maximum absolute atomic E-state index is 13.2. The van der Waals surface area contributed by atoms with Gasteiger partial charge in [0.2, 0.25) is 5.82 Å². The molecule has 2 heterocycles. The number of thioether (sulfide) groups is 1. The molecule has 5 rings (SSSR count). The second-order valence-corrected chi connectivity index (χ2v) is 7.99. The summed E-state index contributed by atoms with van der Waals surface area (Å²) >= 11 is 1.67. The van der Waals surface area contributed by atoms with Crippen molar-refractivity contribution in [3.8, 4) is 34.3 Å². The van der Waals surface area contributed by atoms with Crippen LogP contribution in [0.5, 0.6) is 5.75 Å². The van der Waals surface area contributed by atoms with Crippen molar-refractivity contribution in [2.45, 2.75) is 4.90 Å². The van der Waals surface area contributed by atoms with Crippen LogP contribution in [0.3, 0.4) is 0 Å². The van der Waals surface area contributed by atoms with E-state index in [9.17, 15) is 4.79 Å². The largest absolute Gasteiger partial charge is 0.497 e. The third-order valence-corrected chi connectivity index (χ3v) is 6.02. The first-order chi connectivity index (χ1) is 15.7. The Hall–Kier alpha value is -3.84. The molecule has 0 aliphatic carbocycles. The fraction of sp³-hybridized carbons (Fsp3) is 0.0800. The zero-order chi connectivity index (χ0) is 22.1. The molecular weight excluding hydrogens is 422 g/mol. The molecule has 3 aromatic carbocycles. The third-order valence-electron chi connectivity index (χ3n) is 5.28. The van der Waals surface area contributed by atoms with E-state index in [0.717, 1.165) is 27.3 Å². The number of ether oxygens (including phenoxy) is 1. The van der Waals surface area contributed by atoms with Gasteiger partial charge in [0.05, 0.1) is 12.7 Å². The number of aromatic nitrogens is 3. The van der Waals surface area contributed by atoms with E-state index in [2.05, 4.69) is 10.1 Å². The number of hydrogen-bond acceptors (Lipinski definition) is 6. The van der Waals surface area contributed by atoms with E-state index in [-0.39, 0.29) is 5.56 Å². The van der Waals surface area contributed by atoms with Gasteiger partial charge in [0.25, 0.3) is 11.4 Å². The Bertz CT molecular complexity index is 1460. The van der Waals surface area contributed by atoms with Crippen LogP contribution in [-0.4, -0.2) is 28.1 Å². The van der Waals surface area contributed by atoms with Crippen molar-refractivity contribution in [2.24, 2.45) is 0 Å². The minimum atomic E-state index is -0.123. The van der Waals surface area contributed by atoms with E-state index in [1.807, 2.05) is 73.0 Å². The monoisotopic (exact) mass is 441 g/mol. The molecule has 0 saturated heterocycles. The standard InChI is InChI=1S/C25H19N3O3S/c1-30-18-11-9-17(10-12-18)28-15-22(20-5-3-4-6-21(20)25(28)29)24-26-23(27-31-24)16-7-13-19(32-2)14-8-16/h3-15H,1-2H3. The van der Waals surface area contributed by atoms with E-state index in [1.165, 1.54) is 0 Å².